The van der Waals surface area contributed by atoms with Crippen LogP contribution in [0.15, 0.2) is 36.5 Å². The highest BCUT2D eigenvalue weighted by molar-refractivity contribution is 6.03. The van der Waals surface area contributed by atoms with Crippen LogP contribution >= 0.6 is 0 Å². The van der Waals surface area contributed by atoms with Crippen molar-refractivity contribution in [3.63, 3.8) is 0 Å². The summed E-state index contributed by atoms with van der Waals surface area (Å²) in [6.07, 6.45) is 3.71. The molecule has 8 heteroatoms. The molecular weight excluding hydrogens is 354 g/mol. The Balaban J connectivity index is 1.53. The second-order valence-electron chi connectivity index (χ2n) is 6.97. The number of hydrogen-bond acceptors (Lipinski definition) is 6. The smallest absolute Gasteiger partial charge is 0.278 e. The lowest BCUT2D eigenvalue weighted by atomic mass is 10.1. The Hall–Kier alpha value is -3.13. The van der Waals surface area contributed by atoms with E-state index in [0.29, 0.717) is 23.2 Å². The van der Waals surface area contributed by atoms with Crippen LogP contribution in [0.1, 0.15) is 40.9 Å². The zero-order chi connectivity index (χ0) is 19.5. The van der Waals surface area contributed by atoms with E-state index in [1.54, 1.807) is 6.20 Å². The zero-order valence-electron chi connectivity index (χ0n) is 16.0. The molecule has 0 spiro atoms. The summed E-state index contributed by atoms with van der Waals surface area (Å²) in [6.45, 7) is 5.67. The number of nitrogens with zero attached hydrogens (tertiary/aromatic N) is 5. The summed E-state index contributed by atoms with van der Waals surface area (Å²) in [5, 5.41) is 14.6. The number of amides is 1. The van der Waals surface area contributed by atoms with E-state index >= 15 is 0 Å². The molecule has 1 aliphatic heterocycles. The van der Waals surface area contributed by atoms with Crippen molar-refractivity contribution in [2.45, 2.75) is 32.7 Å². The highest BCUT2D eigenvalue weighted by atomic mass is 16.2. The maximum absolute atomic E-state index is 12.8. The van der Waals surface area contributed by atoms with Gasteiger partial charge in [-0.1, -0.05) is 17.3 Å². The molecule has 3 aromatic rings. The topological polar surface area (TPSA) is 97.6 Å². The fourth-order valence-corrected chi connectivity index (χ4v) is 3.51. The number of aryl methyl sites for hydroxylation is 1. The molecule has 0 atom stereocenters. The number of carbonyl (C=O) groups excluding carboxylic acids is 1. The second-order valence-corrected chi connectivity index (χ2v) is 6.97. The minimum absolute atomic E-state index is 0.256. The summed E-state index contributed by atoms with van der Waals surface area (Å²) in [7, 11) is 0. The van der Waals surface area contributed by atoms with Gasteiger partial charge in [-0.25, -0.2) is 14.6 Å². The molecule has 28 heavy (non-hydrogen) atoms. The van der Waals surface area contributed by atoms with Crippen molar-refractivity contribution in [3.8, 4) is 11.3 Å². The standard InChI is InChI=1S/C20H23N7O/c1-13-19(25-26-27(13)17-6-9-21-10-7-17)20(28)24-16-5-3-4-15(12-16)18-8-11-22-14(2)23-18/h3-5,8,11-12,17,21H,6-7,9-10H2,1-2H3,(H,24,28). The molecule has 8 nitrogen and oxygen atoms in total. The number of aromatic nitrogens is 5. The summed E-state index contributed by atoms with van der Waals surface area (Å²) in [5.41, 5.74) is 3.58. The number of piperidine rings is 1. The highest BCUT2D eigenvalue weighted by Gasteiger charge is 2.23. The number of carbonyl (C=O) groups is 1. The van der Waals surface area contributed by atoms with Gasteiger partial charge in [0.2, 0.25) is 0 Å². The van der Waals surface area contributed by atoms with Crippen LogP contribution in [0.25, 0.3) is 11.3 Å². The van der Waals surface area contributed by atoms with Crippen LogP contribution in [0.5, 0.6) is 0 Å². The second kappa shape index (κ2) is 7.85. The van der Waals surface area contributed by atoms with Crippen LogP contribution in [-0.4, -0.2) is 44.0 Å². The molecule has 0 aliphatic carbocycles. The van der Waals surface area contributed by atoms with Crippen LogP contribution < -0.4 is 10.6 Å². The molecule has 1 saturated heterocycles. The van der Waals surface area contributed by atoms with E-state index in [1.165, 1.54) is 0 Å². The Morgan fingerprint density at radius 3 is 2.82 bits per heavy atom. The number of rotatable bonds is 4. The predicted molar refractivity (Wildman–Crippen MR) is 106 cm³/mol. The minimum Gasteiger partial charge on any atom is -0.321 e. The van der Waals surface area contributed by atoms with Gasteiger partial charge in [-0.2, -0.15) is 0 Å². The van der Waals surface area contributed by atoms with E-state index in [1.807, 2.05) is 48.9 Å². The average molecular weight is 377 g/mol. The lowest BCUT2D eigenvalue weighted by Crippen LogP contribution is -2.30. The lowest BCUT2D eigenvalue weighted by Gasteiger charge is -2.23. The third kappa shape index (κ3) is 3.77. The Bertz CT molecular complexity index is 992. The molecule has 1 aliphatic rings. The van der Waals surface area contributed by atoms with Crippen molar-refractivity contribution in [2.24, 2.45) is 0 Å². The first-order valence-electron chi connectivity index (χ1n) is 9.46. The van der Waals surface area contributed by atoms with Crippen molar-refractivity contribution >= 4 is 11.6 Å². The Morgan fingerprint density at radius 2 is 2.04 bits per heavy atom. The van der Waals surface area contributed by atoms with Crippen molar-refractivity contribution in [2.75, 3.05) is 18.4 Å². The SMILES string of the molecule is Cc1nccc(-c2cccc(NC(=O)c3nnn(C4CCNCC4)c3C)c2)n1. The highest BCUT2D eigenvalue weighted by Crippen LogP contribution is 2.23. The van der Waals surface area contributed by atoms with Gasteiger partial charge in [0.25, 0.3) is 5.91 Å². The van der Waals surface area contributed by atoms with Crippen LogP contribution in [0.3, 0.4) is 0 Å². The van der Waals surface area contributed by atoms with Gasteiger partial charge in [0, 0.05) is 17.4 Å². The minimum atomic E-state index is -0.256. The van der Waals surface area contributed by atoms with Gasteiger partial charge in [-0.05, 0) is 58.0 Å². The van der Waals surface area contributed by atoms with Gasteiger partial charge in [-0.3, -0.25) is 4.79 Å². The molecular formula is C20H23N7O. The largest absolute Gasteiger partial charge is 0.321 e. The Labute approximate surface area is 163 Å². The van der Waals surface area contributed by atoms with Gasteiger partial charge in [-0.15, -0.1) is 5.10 Å². The van der Waals surface area contributed by atoms with Crippen LogP contribution in [0.4, 0.5) is 5.69 Å². The summed E-state index contributed by atoms with van der Waals surface area (Å²) < 4.78 is 1.88. The first-order chi connectivity index (χ1) is 13.6. The molecule has 2 aromatic heterocycles. The molecule has 2 N–H and O–H groups in total. The molecule has 1 amide bonds. The molecule has 3 heterocycles. The van der Waals surface area contributed by atoms with Crippen molar-refractivity contribution in [1.29, 1.82) is 0 Å². The maximum Gasteiger partial charge on any atom is 0.278 e. The van der Waals surface area contributed by atoms with Crippen molar-refractivity contribution < 1.29 is 4.79 Å². The number of hydrogen-bond donors (Lipinski definition) is 2. The van der Waals surface area contributed by atoms with Gasteiger partial charge < -0.3 is 10.6 Å². The van der Waals surface area contributed by atoms with Crippen LogP contribution in [0, 0.1) is 13.8 Å². The molecule has 0 unspecified atom stereocenters. The average Bonchev–Trinajstić information content (AvgIpc) is 3.10. The van der Waals surface area contributed by atoms with E-state index in [0.717, 1.165) is 42.9 Å². The number of nitrogens with one attached hydrogen (secondary N) is 2. The Morgan fingerprint density at radius 1 is 1.21 bits per heavy atom. The third-order valence-electron chi connectivity index (χ3n) is 4.99. The summed E-state index contributed by atoms with van der Waals surface area (Å²) in [4.78, 5) is 21.3. The van der Waals surface area contributed by atoms with E-state index in [2.05, 4.69) is 30.9 Å². The fraction of sp³-hybridized carbons (Fsp3) is 0.350. The van der Waals surface area contributed by atoms with E-state index in [-0.39, 0.29) is 5.91 Å². The van der Waals surface area contributed by atoms with Crippen LogP contribution in [0.2, 0.25) is 0 Å². The Kier molecular flexibility index (Phi) is 5.12. The lowest BCUT2D eigenvalue weighted by molar-refractivity contribution is 0.102. The summed E-state index contributed by atoms with van der Waals surface area (Å²) >= 11 is 0. The van der Waals surface area contributed by atoms with E-state index in [4.69, 9.17) is 0 Å². The van der Waals surface area contributed by atoms with Crippen LogP contribution in [-0.2, 0) is 0 Å². The van der Waals surface area contributed by atoms with Gasteiger partial charge in [0.05, 0.1) is 17.4 Å². The normalized spacial score (nSPS) is 14.8. The molecule has 0 bridgehead atoms. The first-order valence-corrected chi connectivity index (χ1v) is 9.46. The van der Waals surface area contributed by atoms with E-state index in [9.17, 15) is 4.79 Å². The first kappa shape index (κ1) is 18.2. The van der Waals surface area contributed by atoms with Gasteiger partial charge >= 0.3 is 0 Å². The van der Waals surface area contributed by atoms with Crippen molar-refractivity contribution in [3.05, 3.63) is 53.7 Å². The number of anilines is 1. The molecule has 1 aromatic carbocycles. The molecule has 0 saturated carbocycles. The number of benzene rings is 1. The molecule has 1 fully saturated rings. The molecule has 144 valence electrons. The molecule has 4 rings (SSSR count). The fourth-order valence-electron chi connectivity index (χ4n) is 3.51. The third-order valence-corrected chi connectivity index (χ3v) is 4.99. The zero-order valence-corrected chi connectivity index (χ0v) is 16.0. The van der Waals surface area contributed by atoms with Gasteiger partial charge in [0.1, 0.15) is 5.82 Å². The summed E-state index contributed by atoms with van der Waals surface area (Å²) in [5.74, 6) is 0.450. The summed E-state index contributed by atoms with van der Waals surface area (Å²) in [6, 6.07) is 9.73. The van der Waals surface area contributed by atoms with Gasteiger partial charge in [0.15, 0.2) is 5.69 Å². The predicted octanol–water partition coefficient (Wildman–Crippen LogP) is 2.53. The maximum atomic E-state index is 12.8. The molecule has 0 radical (unpaired) electrons. The monoisotopic (exact) mass is 377 g/mol. The van der Waals surface area contributed by atoms with E-state index < -0.39 is 0 Å². The quantitative estimate of drug-likeness (QED) is 0.725. The van der Waals surface area contributed by atoms with Crippen molar-refractivity contribution in [1.82, 2.24) is 30.3 Å².